The van der Waals surface area contributed by atoms with Gasteiger partial charge < -0.3 is 9.32 Å². The zero-order chi connectivity index (χ0) is 22.1. The molecule has 3 heterocycles. The van der Waals surface area contributed by atoms with Crippen LogP contribution in [0.1, 0.15) is 54.3 Å². The van der Waals surface area contributed by atoms with Crippen LogP contribution in [0.3, 0.4) is 0 Å². The summed E-state index contributed by atoms with van der Waals surface area (Å²) in [6, 6.07) is 14.2. The van der Waals surface area contributed by atoms with Crippen molar-refractivity contribution in [3.8, 4) is 0 Å². The van der Waals surface area contributed by atoms with Crippen LogP contribution in [0.15, 0.2) is 57.8 Å². The molecule has 2 aromatic carbocycles. The van der Waals surface area contributed by atoms with Crippen molar-refractivity contribution in [1.29, 1.82) is 0 Å². The van der Waals surface area contributed by atoms with E-state index in [1.807, 2.05) is 24.3 Å². The fourth-order valence-electron chi connectivity index (χ4n) is 4.62. The highest BCUT2D eigenvalue weighted by molar-refractivity contribution is 7.89. The molecule has 2 aliphatic heterocycles. The summed E-state index contributed by atoms with van der Waals surface area (Å²) >= 11 is 0. The molecule has 8 heteroatoms. The van der Waals surface area contributed by atoms with E-state index in [0.717, 1.165) is 49.1 Å². The van der Waals surface area contributed by atoms with Crippen molar-refractivity contribution in [3.63, 3.8) is 0 Å². The first-order valence-corrected chi connectivity index (χ1v) is 12.7. The van der Waals surface area contributed by atoms with Crippen LogP contribution in [0.25, 0.3) is 11.1 Å². The molecule has 0 radical (unpaired) electrons. The molecule has 2 fully saturated rings. The minimum Gasteiger partial charge on any atom is -0.440 e. The molecular weight excluding hydrogens is 426 g/mol. The molecule has 2 saturated heterocycles. The quantitative estimate of drug-likeness (QED) is 0.596. The Labute approximate surface area is 188 Å². The molecule has 1 amide bonds. The van der Waals surface area contributed by atoms with E-state index in [0.29, 0.717) is 31.7 Å². The molecule has 1 aromatic heterocycles. The molecule has 168 valence electrons. The Bertz CT molecular complexity index is 1190. The first-order valence-electron chi connectivity index (χ1n) is 11.3. The molecule has 7 nitrogen and oxygen atoms in total. The smallest absolute Gasteiger partial charge is 0.253 e. The van der Waals surface area contributed by atoms with Crippen molar-refractivity contribution in [3.05, 3.63) is 60.0 Å². The number of rotatable bonds is 4. The Hall–Kier alpha value is -2.71. The molecule has 0 spiro atoms. The molecule has 0 bridgehead atoms. The average molecular weight is 454 g/mol. The maximum Gasteiger partial charge on any atom is 0.253 e. The second-order valence-electron chi connectivity index (χ2n) is 8.58. The van der Waals surface area contributed by atoms with Crippen molar-refractivity contribution in [2.75, 3.05) is 26.2 Å². The fourth-order valence-corrected chi connectivity index (χ4v) is 6.18. The van der Waals surface area contributed by atoms with Crippen molar-refractivity contribution >= 4 is 27.0 Å². The minimum absolute atomic E-state index is 0.128. The van der Waals surface area contributed by atoms with Crippen LogP contribution in [0.5, 0.6) is 0 Å². The summed E-state index contributed by atoms with van der Waals surface area (Å²) in [5, 5.41) is 0. The Kier molecular flexibility index (Phi) is 5.73. The third kappa shape index (κ3) is 4.04. The number of amides is 1. The largest absolute Gasteiger partial charge is 0.440 e. The lowest BCUT2D eigenvalue weighted by atomic mass is 9.96. The van der Waals surface area contributed by atoms with Gasteiger partial charge in [0.25, 0.3) is 5.91 Å². The monoisotopic (exact) mass is 453 g/mol. The summed E-state index contributed by atoms with van der Waals surface area (Å²) in [6.07, 6.45) is 4.36. The third-order valence-corrected chi connectivity index (χ3v) is 8.37. The van der Waals surface area contributed by atoms with Crippen LogP contribution < -0.4 is 0 Å². The van der Waals surface area contributed by atoms with Crippen LogP contribution in [0.4, 0.5) is 0 Å². The van der Waals surface area contributed by atoms with E-state index in [1.165, 1.54) is 10.4 Å². The van der Waals surface area contributed by atoms with Crippen LogP contribution in [-0.2, 0) is 10.0 Å². The molecule has 0 aliphatic carbocycles. The van der Waals surface area contributed by atoms with Gasteiger partial charge in [-0.2, -0.15) is 4.31 Å². The molecular formula is C24H27N3O4S. The Balaban J connectivity index is 1.27. The van der Waals surface area contributed by atoms with Gasteiger partial charge in [0.15, 0.2) is 11.5 Å². The normalized spacial score (nSPS) is 18.8. The summed E-state index contributed by atoms with van der Waals surface area (Å²) in [4.78, 5) is 19.7. The Morgan fingerprint density at radius 3 is 2.44 bits per heavy atom. The summed E-state index contributed by atoms with van der Waals surface area (Å²) in [5.74, 6) is 0.780. The second kappa shape index (κ2) is 8.67. The summed E-state index contributed by atoms with van der Waals surface area (Å²) in [6.45, 7) is 2.27. The molecule has 0 N–H and O–H groups in total. The van der Waals surface area contributed by atoms with Crippen molar-refractivity contribution in [1.82, 2.24) is 14.2 Å². The van der Waals surface area contributed by atoms with E-state index >= 15 is 0 Å². The van der Waals surface area contributed by atoms with E-state index < -0.39 is 10.0 Å². The highest BCUT2D eigenvalue weighted by Crippen LogP contribution is 2.31. The summed E-state index contributed by atoms with van der Waals surface area (Å²) in [7, 11) is -3.56. The number of oxazole rings is 1. The van der Waals surface area contributed by atoms with Gasteiger partial charge in [-0.1, -0.05) is 24.6 Å². The zero-order valence-corrected chi connectivity index (χ0v) is 18.8. The van der Waals surface area contributed by atoms with Gasteiger partial charge >= 0.3 is 0 Å². The van der Waals surface area contributed by atoms with Crippen LogP contribution in [0, 0.1) is 0 Å². The third-order valence-electron chi connectivity index (χ3n) is 6.48. The van der Waals surface area contributed by atoms with E-state index in [4.69, 9.17) is 4.42 Å². The number of para-hydroxylation sites is 2. The number of carbonyl (C=O) groups excluding carboxylic acids is 1. The van der Waals surface area contributed by atoms with Crippen molar-refractivity contribution < 1.29 is 17.6 Å². The lowest BCUT2D eigenvalue weighted by Crippen LogP contribution is -2.38. The van der Waals surface area contributed by atoms with E-state index in [-0.39, 0.29) is 16.7 Å². The Morgan fingerprint density at radius 2 is 1.69 bits per heavy atom. The fraction of sp³-hybridized carbons (Fsp3) is 0.417. The first-order chi connectivity index (χ1) is 15.5. The van der Waals surface area contributed by atoms with Crippen LogP contribution in [-0.4, -0.2) is 54.7 Å². The molecule has 0 saturated carbocycles. The average Bonchev–Trinajstić information content (AvgIpc) is 3.29. The van der Waals surface area contributed by atoms with E-state index in [9.17, 15) is 13.2 Å². The van der Waals surface area contributed by atoms with Gasteiger partial charge in [0, 0.05) is 37.7 Å². The second-order valence-corrected chi connectivity index (χ2v) is 10.5. The molecule has 2 aliphatic rings. The standard InChI is InChI=1S/C24H27N3O4S/c28-24(19-7-6-8-20(17-19)32(29,30)27-13-4-1-5-14-27)26-15-11-18(12-16-26)23-25-21-9-2-3-10-22(21)31-23/h2-3,6-10,17-18H,1,4-5,11-16H2. The summed E-state index contributed by atoms with van der Waals surface area (Å²) in [5.41, 5.74) is 2.06. The number of hydrogen-bond acceptors (Lipinski definition) is 5. The minimum atomic E-state index is -3.56. The number of likely N-dealkylation sites (tertiary alicyclic amines) is 1. The number of hydrogen-bond donors (Lipinski definition) is 0. The van der Waals surface area contributed by atoms with Gasteiger partial charge in [-0.05, 0) is 56.0 Å². The zero-order valence-electron chi connectivity index (χ0n) is 17.9. The molecule has 0 unspecified atom stereocenters. The van der Waals surface area contributed by atoms with Crippen LogP contribution in [0.2, 0.25) is 0 Å². The van der Waals surface area contributed by atoms with Gasteiger partial charge in [0.05, 0.1) is 4.90 Å². The number of nitrogens with zero attached hydrogens (tertiary/aromatic N) is 3. The lowest BCUT2D eigenvalue weighted by Gasteiger charge is -2.31. The van der Waals surface area contributed by atoms with Crippen LogP contribution >= 0.6 is 0 Å². The van der Waals surface area contributed by atoms with Crippen molar-refractivity contribution in [2.24, 2.45) is 0 Å². The molecule has 3 aromatic rings. The Morgan fingerprint density at radius 1 is 0.938 bits per heavy atom. The molecule has 5 rings (SSSR count). The topological polar surface area (TPSA) is 83.7 Å². The van der Waals surface area contributed by atoms with E-state index in [1.54, 1.807) is 23.1 Å². The number of piperidine rings is 2. The summed E-state index contributed by atoms with van der Waals surface area (Å²) < 4.78 is 33.4. The number of benzene rings is 2. The maximum absolute atomic E-state index is 13.1. The van der Waals surface area contributed by atoms with Gasteiger partial charge in [-0.25, -0.2) is 13.4 Å². The van der Waals surface area contributed by atoms with Gasteiger partial charge in [-0.3, -0.25) is 4.79 Å². The SMILES string of the molecule is O=C(c1cccc(S(=O)(=O)N2CCCCC2)c1)N1CCC(c2nc3ccccc3o2)CC1. The predicted octanol–water partition coefficient (Wildman–Crippen LogP) is 4.02. The number of carbonyl (C=O) groups is 1. The number of aromatic nitrogens is 1. The lowest BCUT2D eigenvalue weighted by molar-refractivity contribution is 0.0706. The first kappa shape index (κ1) is 21.2. The van der Waals surface area contributed by atoms with Gasteiger partial charge in [0.2, 0.25) is 10.0 Å². The van der Waals surface area contributed by atoms with E-state index in [2.05, 4.69) is 4.98 Å². The number of sulfonamides is 1. The molecule has 32 heavy (non-hydrogen) atoms. The van der Waals surface area contributed by atoms with Crippen molar-refractivity contribution in [2.45, 2.75) is 42.9 Å². The molecule has 0 atom stereocenters. The van der Waals surface area contributed by atoms with Gasteiger partial charge in [0.1, 0.15) is 5.52 Å². The van der Waals surface area contributed by atoms with Gasteiger partial charge in [-0.15, -0.1) is 0 Å². The number of fused-ring (bicyclic) bond motifs is 1. The maximum atomic E-state index is 13.1. The predicted molar refractivity (Wildman–Crippen MR) is 121 cm³/mol. The highest BCUT2D eigenvalue weighted by Gasteiger charge is 2.30. The highest BCUT2D eigenvalue weighted by atomic mass is 32.2.